The second-order valence-corrected chi connectivity index (χ2v) is 8.55. The Morgan fingerprint density at radius 2 is 1.97 bits per heavy atom. The Morgan fingerprint density at radius 3 is 2.66 bits per heavy atom. The number of ether oxygens (including phenoxy) is 1. The van der Waals surface area contributed by atoms with Crippen LogP contribution in [0.25, 0.3) is 0 Å². The number of carbonyl (C=O) groups excluding carboxylic acids is 1. The van der Waals surface area contributed by atoms with E-state index in [-0.39, 0.29) is 11.9 Å². The van der Waals surface area contributed by atoms with Gasteiger partial charge in [0.2, 0.25) is 5.91 Å². The van der Waals surface area contributed by atoms with Gasteiger partial charge in [0, 0.05) is 44.3 Å². The first-order valence-corrected chi connectivity index (χ1v) is 11.5. The average molecular weight is 438 g/mol. The quantitative estimate of drug-likeness (QED) is 0.571. The Balaban J connectivity index is 1.69. The maximum Gasteiger partial charge on any atom is 0.223 e. The van der Waals surface area contributed by atoms with Gasteiger partial charge in [0.1, 0.15) is 0 Å². The number of morpholine rings is 1. The third-order valence-corrected chi connectivity index (χ3v) is 6.23. The predicted molar refractivity (Wildman–Crippen MR) is 124 cm³/mol. The Bertz CT molecular complexity index is 912. The van der Waals surface area contributed by atoms with E-state index in [1.807, 2.05) is 41.6 Å². The van der Waals surface area contributed by atoms with Gasteiger partial charge >= 0.3 is 0 Å². The fourth-order valence-electron chi connectivity index (χ4n) is 4.37. The Kier molecular flexibility index (Phi) is 8.83. The highest BCUT2D eigenvalue weighted by Crippen LogP contribution is 2.18. The number of rotatable bonds is 10. The van der Waals surface area contributed by atoms with E-state index in [0.29, 0.717) is 32.4 Å². The molecule has 1 aromatic carbocycles. The molecule has 1 aliphatic rings. The summed E-state index contributed by atoms with van der Waals surface area (Å²) in [5, 5.41) is 13.4. The molecule has 2 heterocycles. The molecule has 1 unspecified atom stereocenters. The van der Waals surface area contributed by atoms with Gasteiger partial charge in [0.15, 0.2) is 0 Å². The van der Waals surface area contributed by atoms with Gasteiger partial charge in [-0.2, -0.15) is 10.4 Å². The smallest absolute Gasteiger partial charge is 0.223 e. The predicted octanol–water partition coefficient (Wildman–Crippen LogP) is 3.10. The van der Waals surface area contributed by atoms with Gasteiger partial charge < -0.3 is 9.64 Å². The fourth-order valence-corrected chi connectivity index (χ4v) is 4.37. The van der Waals surface area contributed by atoms with Crippen LogP contribution in [-0.2, 0) is 29.0 Å². The van der Waals surface area contributed by atoms with Crippen LogP contribution >= 0.6 is 0 Å². The highest BCUT2D eigenvalue weighted by Gasteiger charge is 2.24. The van der Waals surface area contributed by atoms with E-state index >= 15 is 0 Å². The molecular formula is C25H35N5O2. The molecule has 1 amide bonds. The molecule has 0 spiro atoms. The summed E-state index contributed by atoms with van der Waals surface area (Å²) in [4.78, 5) is 17.8. The van der Waals surface area contributed by atoms with Crippen molar-refractivity contribution in [2.75, 3.05) is 32.8 Å². The number of hydrogen-bond acceptors (Lipinski definition) is 5. The van der Waals surface area contributed by atoms with Crippen LogP contribution < -0.4 is 0 Å². The van der Waals surface area contributed by atoms with E-state index in [2.05, 4.69) is 35.1 Å². The molecule has 7 nitrogen and oxygen atoms in total. The standard InChI is InChI=1S/C25H35N5O2/c1-20(18-28-14-16-32-17-15-28)29(19-23-8-5-4-6-9-23)25(31)11-10-24-21(2)27-30(22(24)3)13-7-12-26/h4-6,8-9,20H,7,10-11,13-19H2,1-3H3. The van der Waals surface area contributed by atoms with Crippen molar-refractivity contribution in [1.29, 1.82) is 5.26 Å². The number of nitrogens with zero attached hydrogens (tertiary/aromatic N) is 5. The zero-order valence-corrected chi connectivity index (χ0v) is 19.6. The van der Waals surface area contributed by atoms with Gasteiger partial charge in [-0.15, -0.1) is 0 Å². The average Bonchev–Trinajstić information content (AvgIpc) is 3.08. The van der Waals surface area contributed by atoms with E-state index < -0.39 is 0 Å². The third-order valence-electron chi connectivity index (χ3n) is 6.23. The SMILES string of the molecule is Cc1nn(CCC#N)c(C)c1CCC(=O)N(Cc1ccccc1)C(C)CN1CCOCC1. The minimum atomic E-state index is 0.112. The maximum atomic E-state index is 13.4. The molecule has 172 valence electrons. The number of amides is 1. The van der Waals surface area contributed by atoms with Crippen LogP contribution in [0, 0.1) is 25.2 Å². The summed E-state index contributed by atoms with van der Waals surface area (Å²) in [6.07, 6.45) is 1.55. The van der Waals surface area contributed by atoms with Crippen LogP contribution in [0.5, 0.6) is 0 Å². The minimum Gasteiger partial charge on any atom is -0.379 e. The lowest BCUT2D eigenvalue weighted by molar-refractivity contribution is -0.134. The zero-order chi connectivity index (χ0) is 22.9. The maximum absolute atomic E-state index is 13.4. The largest absolute Gasteiger partial charge is 0.379 e. The van der Waals surface area contributed by atoms with Crippen LogP contribution in [0.1, 0.15) is 42.3 Å². The lowest BCUT2D eigenvalue weighted by Crippen LogP contribution is -2.48. The number of aromatic nitrogens is 2. The molecule has 1 fully saturated rings. The highest BCUT2D eigenvalue weighted by molar-refractivity contribution is 5.77. The molecule has 3 rings (SSSR count). The van der Waals surface area contributed by atoms with E-state index in [1.165, 1.54) is 0 Å². The van der Waals surface area contributed by atoms with Gasteiger partial charge in [-0.3, -0.25) is 14.4 Å². The molecule has 0 saturated carbocycles. The fraction of sp³-hybridized carbons (Fsp3) is 0.560. The lowest BCUT2D eigenvalue weighted by atomic mass is 10.1. The molecule has 1 aromatic heterocycles. The molecule has 1 atom stereocenters. The summed E-state index contributed by atoms with van der Waals surface area (Å²) in [6, 6.07) is 12.5. The summed E-state index contributed by atoms with van der Waals surface area (Å²) in [7, 11) is 0. The summed E-state index contributed by atoms with van der Waals surface area (Å²) < 4.78 is 7.36. The molecule has 0 radical (unpaired) electrons. The molecule has 32 heavy (non-hydrogen) atoms. The van der Waals surface area contributed by atoms with Gasteiger partial charge in [-0.05, 0) is 38.3 Å². The molecule has 0 aliphatic carbocycles. The first kappa shape index (κ1) is 24.0. The van der Waals surface area contributed by atoms with Crippen molar-refractivity contribution in [2.45, 2.75) is 59.2 Å². The van der Waals surface area contributed by atoms with E-state index in [9.17, 15) is 4.79 Å². The van der Waals surface area contributed by atoms with Gasteiger partial charge in [0.05, 0.1) is 37.9 Å². The van der Waals surface area contributed by atoms with Crippen molar-refractivity contribution in [1.82, 2.24) is 19.6 Å². The second kappa shape index (κ2) is 11.8. The number of hydrogen-bond donors (Lipinski definition) is 0. The number of nitriles is 1. The molecule has 0 N–H and O–H groups in total. The van der Waals surface area contributed by atoms with Crippen LogP contribution in [0.3, 0.4) is 0 Å². The highest BCUT2D eigenvalue weighted by atomic mass is 16.5. The molecule has 1 saturated heterocycles. The van der Waals surface area contributed by atoms with Gasteiger partial charge in [0.25, 0.3) is 0 Å². The number of carbonyl (C=O) groups is 1. The normalized spacial score (nSPS) is 15.3. The molecule has 7 heteroatoms. The lowest BCUT2D eigenvalue weighted by Gasteiger charge is -2.35. The van der Waals surface area contributed by atoms with Crippen molar-refractivity contribution in [2.24, 2.45) is 0 Å². The van der Waals surface area contributed by atoms with Crippen LogP contribution in [0.15, 0.2) is 30.3 Å². The second-order valence-electron chi connectivity index (χ2n) is 8.55. The van der Waals surface area contributed by atoms with Crippen molar-refractivity contribution in [3.05, 3.63) is 52.8 Å². The first-order chi connectivity index (χ1) is 15.5. The first-order valence-electron chi connectivity index (χ1n) is 11.5. The summed E-state index contributed by atoms with van der Waals surface area (Å²) >= 11 is 0. The Labute approximate surface area is 191 Å². The number of benzene rings is 1. The Hall–Kier alpha value is -2.69. The van der Waals surface area contributed by atoms with Crippen LogP contribution in [-0.4, -0.2) is 64.4 Å². The topological polar surface area (TPSA) is 74.4 Å². The molecule has 2 aromatic rings. The molecule has 0 bridgehead atoms. The van der Waals surface area contributed by atoms with Crippen molar-refractivity contribution in [3.63, 3.8) is 0 Å². The minimum absolute atomic E-state index is 0.112. The molecular weight excluding hydrogens is 402 g/mol. The Morgan fingerprint density at radius 1 is 1.25 bits per heavy atom. The van der Waals surface area contributed by atoms with E-state index in [0.717, 1.165) is 55.4 Å². The summed E-state index contributed by atoms with van der Waals surface area (Å²) in [6.45, 7) is 11.6. The summed E-state index contributed by atoms with van der Waals surface area (Å²) in [5.41, 5.74) is 4.27. The zero-order valence-electron chi connectivity index (χ0n) is 19.6. The van der Waals surface area contributed by atoms with Crippen molar-refractivity contribution in [3.8, 4) is 6.07 Å². The van der Waals surface area contributed by atoms with Crippen LogP contribution in [0.4, 0.5) is 0 Å². The van der Waals surface area contributed by atoms with E-state index in [4.69, 9.17) is 10.00 Å². The van der Waals surface area contributed by atoms with Crippen LogP contribution in [0.2, 0.25) is 0 Å². The third kappa shape index (κ3) is 6.41. The van der Waals surface area contributed by atoms with E-state index in [1.54, 1.807) is 0 Å². The van der Waals surface area contributed by atoms with Crippen molar-refractivity contribution >= 4 is 5.91 Å². The monoisotopic (exact) mass is 437 g/mol. The summed E-state index contributed by atoms with van der Waals surface area (Å²) in [5.74, 6) is 0.165. The number of aryl methyl sites for hydroxylation is 2. The van der Waals surface area contributed by atoms with Crippen molar-refractivity contribution < 1.29 is 9.53 Å². The van der Waals surface area contributed by atoms with Gasteiger partial charge in [-0.1, -0.05) is 30.3 Å². The molecule has 1 aliphatic heterocycles. The van der Waals surface area contributed by atoms with Gasteiger partial charge in [-0.25, -0.2) is 0 Å².